The molecule has 8 heteroatoms. The third-order valence-electron chi connectivity index (χ3n) is 3.94. The van der Waals surface area contributed by atoms with E-state index in [1.54, 1.807) is 6.20 Å². The summed E-state index contributed by atoms with van der Waals surface area (Å²) >= 11 is 0. The Morgan fingerprint density at radius 2 is 2.18 bits per heavy atom. The van der Waals surface area contributed by atoms with Crippen LogP contribution in [0.25, 0.3) is 11.0 Å². The van der Waals surface area contributed by atoms with Crippen molar-refractivity contribution in [2.45, 2.75) is 38.8 Å². The van der Waals surface area contributed by atoms with Gasteiger partial charge < -0.3 is 10.6 Å². The Balaban J connectivity index is 0.00000121. The summed E-state index contributed by atoms with van der Waals surface area (Å²) in [5.74, 6) is -0.0689. The molecule has 0 spiro atoms. The molecule has 2 unspecified atom stereocenters. The van der Waals surface area contributed by atoms with Crippen LogP contribution in [0.4, 0.5) is 0 Å². The number of carbonyl (C=O) groups excluding carboxylic acids is 1. The number of rotatable bonds is 2. The molecule has 2 aromatic heterocycles. The molecule has 1 amide bonds. The predicted octanol–water partition coefficient (Wildman–Crippen LogP) is 1.98. The van der Waals surface area contributed by atoms with Gasteiger partial charge >= 0.3 is 0 Å². The van der Waals surface area contributed by atoms with Gasteiger partial charge in [-0.1, -0.05) is 0 Å². The Hall–Kier alpha value is -1.37. The minimum Gasteiger partial charge on any atom is -0.348 e. The van der Waals surface area contributed by atoms with E-state index in [0.29, 0.717) is 17.3 Å². The highest BCUT2D eigenvalue weighted by molar-refractivity contribution is 5.97. The van der Waals surface area contributed by atoms with Crippen molar-refractivity contribution in [3.63, 3.8) is 0 Å². The molecule has 0 bridgehead atoms. The molecule has 3 rings (SSSR count). The second-order valence-electron chi connectivity index (χ2n) is 5.41. The lowest BCUT2D eigenvalue weighted by atomic mass is 9.99. The van der Waals surface area contributed by atoms with E-state index < -0.39 is 0 Å². The van der Waals surface area contributed by atoms with Gasteiger partial charge in [0.05, 0.1) is 5.56 Å². The molecule has 2 atom stereocenters. The van der Waals surface area contributed by atoms with Gasteiger partial charge in [0.1, 0.15) is 0 Å². The highest BCUT2D eigenvalue weighted by Gasteiger charge is 2.23. The van der Waals surface area contributed by atoms with Crippen LogP contribution in [-0.2, 0) is 0 Å². The zero-order chi connectivity index (χ0) is 14.1. The average Bonchev–Trinajstić information content (AvgIpc) is 2.82. The Kier molecular flexibility index (Phi) is 6.59. The number of hydrogen-bond donors (Lipinski definition) is 3. The van der Waals surface area contributed by atoms with Crippen molar-refractivity contribution in [1.82, 2.24) is 25.8 Å². The molecular weight excluding hydrogens is 325 g/mol. The number of halogens is 2. The van der Waals surface area contributed by atoms with Crippen LogP contribution in [-0.4, -0.2) is 39.7 Å². The smallest absolute Gasteiger partial charge is 0.253 e. The van der Waals surface area contributed by atoms with Gasteiger partial charge in [-0.2, -0.15) is 5.10 Å². The number of pyridine rings is 1. The summed E-state index contributed by atoms with van der Waals surface area (Å²) in [7, 11) is 0. The highest BCUT2D eigenvalue weighted by Crippen LogP contribution is 2.15. The van der Waals surface area contributed by atoms with Crippen molar-refractivity contribution < 1.29 is 4.79 Å². The highest BCUT2D eigenvalue weighted by atomic mass is 35.5. The first-order valence-electron chi connectivity index (χ1n) is 7.00. The van der Waals surface area contributed by atoms with Crippen molar-refractivity contribution in [3.05, 3.63) is 23.5 Å². The van der Waals surface area contributed by atoms with Gasteiger partial charge in [0, 0.05) is 29.4 Å². The quantitative estimate of drug-likeness (QED) is 0.777. The van der Waals surface area contributed by atoms with Crippen LogP contribution in [0.3, 0.4) is 0 Å². The van der Waals surface area contributed by atoms with Crippen molar-refractivity contribution in [2.75, 3.05) is 6.54 Å². The molecule has 0 radical (unpaired) electrons. The molecule has 1 aliphatic heterocycles. The second-order valence-corrected chi connectivity index (χ2v) is 5.41. The molecule has 6 nitrogen and oxygen atoms in total. The van der Waals surface area contributed by atoms with Crippen molar-refractivity contribution in [3.8, 4) is 0 Å². The number of carbonyl (C=O) groups is 1. The van der Waals surface area contributed by atoms with E-state index in [0.717, 1.165) is 30.5 Å². The number of fused-ring (bicyclic) bond motifs is 1. The number of H-pyrrole nitrogens is 1. The van der Waals surface area contributed by atoms with Crippen LogP contribution >= 0.6 is 24.8 Å². The van der Waals surface area contributed by atoms with E-state index in [2.05, 4.69) is 32.7 Å². The first-order chi connectivity index (χ1) is 9.65. The zero-order valence-electron chi connectivity index (χ0n) is 12.5. The molecule has 0 saturated carbocycles. The van der Waals surface area contributed by atoms with Gasteiger partial charge in [0.2, 0.25) is 0 Å². The van der Waals surface area contributed by atoms with E-state index in [-0.39, 0.29) is 36.8 Å². The van der Waals surface area contributed by atoms with Crippen molar-refractivity contribution in [2.24, 2.45) is 0 Å². The average molecular weight is 346 g/mol. The van der Waals surface area contributed by atoms with E-state index in [4.69, 9.17) is 0 Å². The van der Waals surface area contributed by atoms with Crippen LogP contribution in [0.2, 0.25) is 0 Å². The molecule has 1 fully saturated rings. The van der Waals surface area contributed by atoms with Crippen LogP contribution in [0.15, 0.2) is 12.3 Å². The minimum atomic E-state index is -0.0689. The Morgan fingerprint density at radius 3 is 2.91 bits per heavy atom. The Labute approximate surface area is 141 Å². The first-order valence-corrected chi connectivity index (χ1v) is 7.00. The van der Waals surface area contributed by atoms with E-state index in [9.17, 15) is 4.79 Å². The lowest BCUT2D eigenvalue weighted by Crippen LogP contribution is -2.51. The molecule has 3 heterocycles. The monoisotopic (exact) mass is 345 g/mol. The maximum Gasteiger partial charge on any atom is 0.253 e. The molecule has 22 heavy (non-hydrogen) atoms. The van der Waals surface area contributed by atoms with Gasteiger partial charge in [-0.3, -0.25) is 9.89 Å². The predicted molar refractivity (Wildman–Crippen MR) is 91.1 cm³/mol. The van der Waals surface area contributed by atoms with E-state index >= 15 is 0 Å². The number of hydrogen-bond acceptors (Lipinski definition) is 4. The summed E-state index contributed by atoms with van der Waals surface area (Å²) in [6.45, 7) is 5.05. The van der Waals surface area contributed by atoms with Gasteiger partial charge in [-0.05, 0) is 39.3 Å². The number of aryl methyl sites for hydroxylation is 1. The van der Waals surface area contributed by atoms with Crippen LogP contribution in [0.1, 0.15) is 35.8 Å². The number of amides is 1. The zero-order valence-corrected chi connectivity index (χ0v) is 14.2. The molecule has 0 aliphatic carbocycles. The largest absolute Gasteiger partial charge is 0.348 e. The number of aromatic amines is 1. The minimum absolute atomic E-state index is 0. The standard InChI is InChI=1S/C14H19N5O.2ClH/c1-8-11-6-10(7-16-13(11)19-18-8)14(20)17-12-4-3-5-15-9(12)2;;/h6-7,9,12,15H,3-5H2,1-2H3,(H,17,20)(H,16,18,19);2*1H. The number of piperidine rings is 1. The topological polar surface area (TPSA) is 82.7 Å². The number of aromatic nitrogens is 3. The Bertz CT molecular complexity index is 645. The normalized spacial score (nSPS) is 20.8. The van der Waals surface area contributed by atoms with Gasteiger partial charge in [0.15, 0.2) is 5.65 Å². The van der Waals surface area contributed by atoms with Gasteiger partial charge in [-0.25, -0.2) is 4.98 Å². The third kappa shape index (κ3) is 3.69. The lowest BCUT2D eigenvalue weighted by Gasteiger charge is -2.30. The number of nitrogens with zero attached hydrogens (tertiary/aromatic N) is 2. The van der Waals surface area contributed by atoms with Gasteiger partial charge in [-0.15, -0.1) is 24.8 Å². The maximum absolute atomic E-state index is 12.3. The third-order valence-corrected chi connectivity index (χ3v) is 3.94. The molecule has 3 N–H and O–H groups in total. The molecule has 122 valence electrons. The summed E-state index contributed by atoms with van der Waals surface area (Å²) in [6.07, 6.45) is 3.69. The molecule has 1 saturated heterocycles. The molecule has 2 aromatic rings. The number of nitrogens with one attached hydrogen (secondary N) is 3. The summed E-state index contributed by atoms with van der Waals surface area (Å²) in [5.41, 5.74) is 2.15. The summed E-state index contributed by atoms with van der Waals surface area (Å²) in [6, 6.07) is 2.33. The van der Waals surface area contributed by atoms with E-state index in [1.165, 1.54) is 0 Å². The fourth-order valence-corrected chi connectivity index (χ4v) is 2.64. The van der Waals surface area contributed by atoms with Crippen molar-refractivity contribution >= 4 is 41.8 Å². The maximum atomic E-state index is 12.3. The molecule has 1 aliphatic rings. The second kappa shape index (κ2) is 7.76. The summed E-state index contributed by atoms with van der Waals surface area (Å²) in [5, 5.41) is 14.3. The SMILES string of the molecule is Cc1[nH]nc2ncc(C(=O)NC3CCCNC3C)cc12.Cl.Cl. The summed E-state index contributed by atoms with van der Waals surface area (Å²) < 4.78 is 0. The fraction of sp³-hybridized carbons (Fsp3) is 0.500. The lowest BCUT2D eigenvalue weighted by molar-refractivity contribution is 0.0919. The molecule has 0 aromatic carbocycles. The van der Waals surface area contributed by atoms with E-state index in [1.807, 2.05) is 13.0 Å². The van der Waals surface area contributed by atoms with Crippen LogP contribution < -0.4 is 10.6 Å². The van der Waals surface area contributed by atoms with Gasteiger partial charge in [0.25, 0.3) is 5.91 Å². The van der Waals surface area contributed by atoms with Crippen LogP contribution in [0, 0.1) is 6.92 Å². The van der Waals surface area contributed by atoms with Crippen molar-refractivity contribution in [1.29, 1.82) is 0 Å². The fourth-order valence-electron chi connectivity index (χ4n) is 2.64. The first kappa shape index (κ1) is 18.7. The van der Waals surface area contributed by atoms with Crippen LogP contribution in [0.5, 0.6) is 0 Å². The molecular formula is C14H21Cl2N5O. The summed E-state index contributed by atoms with van der Waals surface area (Å²) in [4.78, 5) is 16.5. The Morgan fingerprint density at radius 1 is 1.41 bits per heavy atom.